The summed E-state index contributed by atoms with van der Waals surface area (Å²) >= 11 is 2.88. The van der Waals surface area contributed by atoms with Crippen molar-refractivity contribution in [3.8, 4) is 5.75 Å². The Bertz CT molecular complexity index is 485. The van der Waals surface area contributed by atoms with Crippen LogP contribution in [-0.4, -0.2) is 35.3 Å². The normalized spacial score (nSPS) is 23.1. The van der Waals surface area contributed by atoms with E-state index in [0.29, 0.717) is 13.1 Å². The average molecular weight is 321 g/mol. The zero-order valence-electron chi connectivity index (χ0n) is 9.10. The summed E-state index contributed by atoms with van der Waals surface area (Å²) in [6.07, 6.45) is -1.39. The molecule has 0 unspecified atom stereocenters. The Balaban J connectivity index is 2.30. The lowest BCUT2D eigenvalue weighted by Crippen LogP contribution is -2.30. The highest BCUT2D eigenvalue weighted by Gasteiger charge is 2.29. The largest absolute Gasteiger partial charge is 0.479 e. The first kappa shape index (κ1) is 13.2. The van der Waals surface area contributed by atoms with Gasteiger partial charge >= 0.3 is 5.69 Å². The molecule has 1 aliphatic heterocycles. The number of hydrogen-bond donors (Lipinski definition) is 2. The van der Waals surface area contributed by atoms with E-state index in [-0.39, 0.29) is 15.9 Å². The van der Waals surface area contributed by atoms with Gasteiger partial charge in [-0.3, -0.25) is 10.1 Å². The van der Waals surface area contributed by atoms with Gasteiger partial charge in [0, 0.05) is 25.2 Å². The van der Waals surface area contributed by atoms with Crippen molar-refractivity contribution >= 4 is 21.6 Å². The molecule has 0 saturated carbocycles. The van der Waals surface area contributed by atoms with Crippen LogP contribution in [0.5, 0.6) is 5.75 Å². The second-order valence-corrected chi connectivity index (χ2v) is 4.73. The highest BCUT2D eigenvalue weighted by molar-refractivity contribution is 9.10. The summed E-state index contributed by atoms with van der Waals surface area (Å²) in [4.78, 5) is 10.2. The Morgan fingerprint density at radius 3 is 2.83 bits per heavy atom. The lowest BCUT2D eigenvalue weighted by molar-refractivity contribution is -0.386. The van der Waals surface area contributed by atoms with Crippen molar-refractivity contribution in [3.63, 3.8) is 0 Å². The number of halogens is 2. The molecule has 0 aromatic heterocycles. The number of β-amino-alcohol motifs (C(OH)–C–C–N with tert-alkyl or cyclic N) is 1. The minimum atomic E-state index is -0.767. The average Bonchev–Trinajstić information content (AvgIpc) is 2.69. The summed E-state index contributed by atoms with van der Waals surface area (Å²) in [6, 6.07) is 1.98. The van der Waals surface area contributed by atoms with E-state index in [0.717, 1.165) is 12.1 Å². The van der Waals surface area contributed by atoms with Crippen molar-refractivity contribution in [1.29, 1.82) is 0 Å². The monoisotopic (exact) mass is 320 g/mol. The third-order valence-corrected chi connectivity index (χ3v) is 3.21. The SMILES string of the molecule is O=[N+]([O-])c1cc(Br)c(F)cc1O[C@H]1CNC[C@@H]1O. The number of aliphatic hydroxyl groups excluding tert-OH is 1. The van der Waals surface area contributed by atoms with E-state index in [9.17, 15) is 19.6 Å². The molecule has 2 N–H and O–H groups in total. The van der Waals surface area contributed by atoms with Crippen LogP contribution in [0.2, 0.25) is 0 Å². The Morgan fingerprint density at radius 2 is 2.28 bits per heavy atom. The fourth-order valence-corrected chi connectivity index (χ4v) is 2.01. The van der Waals surface area contributed by atoms with Crippen molar-refractivity contribution in [2.24, 2.45) is 0 Å². The Hall–Kier alpha value is -1.25. The first-order valence-electron chi connectivity index (χ1n) is 5.18. The van der Waals surface area contributed by atoms with E-state index in [1.807, 2.05) is 0 Å². The fraction of sp³-hybridized carbons (Fsp3) is 0.400. The standard InChI is InChI=1S/C10H10BrFN2O4/c11-5-1-7(14(16)17)9(2-6(5)12)18-10-4-13-3-8(10)15/h1-2,8,10,13,15H,3-4H2/t8-,10-/m0/s1. The summed E-state index contributed by atoms with van der Waals surface area (Å²) in [5.41, 5.74) is -0.345. The number of nitro benzene ring substituents is 1. The highest BCUT2D eigenvalue weighted by Crippen LogP contribution is 2.33. The molecule has 1 fully saturated rings. The third kappa shape index (κ3) is 2.60. The smallest absolute Gasteiger partial charge is 0.312 e. The van der Waals surface area contributed by atoms with Crippen LogP contribution in [0.1, 0.15) is 0 Å². The molecule has 0 spiro atoms. The summed E-state index contributed by atoms with van der Waals surface area (Å²) < 4.78 is 18.7. The van der Waals surface area contributed by atoms with Crippen LogP contribution in [0, 0.1) is 15.9 Å². The van der Waals surface area contributed by atoms with Crippen molar-refractivity contribution in [3.05, 3.63) is 32.5 Å². The number of rotatable bonds is 3. The van der Waals surface area contributed by atoms with Crippen molar-refractivity contribution in [2.45, 2.75) is 12.2 Å². The van der Waals surface area contributed by atoms with E-state index in [2.05, 4.69) is 21.2 Å². The van der Waals surface area contributed by atoms with E-state index in [1.54, 1.807) is 0 Å². The number of hydrogen-bond acceptors (Lipinski definition) is 5. The maximum Gasteiger partial charge on any atom is 0.312 e. The molecule has 0 aliphatic carbocycles. The van der Waals surface area contributed by atoms with Gasteiger partial charge in [-0.1, -0.05) is 0 Å². The van der Waals surface area contributed by atoms with Crippen LogP contribution in [-0.2, 0) is 0 Å². The first-order chi connectivity index (χ1) is 8.49. The molecule has 98 valence electrons. The Labute approximate surface area is 110 Å². The Kier molecular flexibility index (Phi) is 3.79. The molecule has 0 bridgehead atoms. The number of nitrogens with zero attached hydrogens (tertiary/aromatic N) is 1. The van der Waals surface area contributed by atoms with Crippen molar-refractivity contribution < 1.29 is 19.2 Å². The zero-order chi connectivity index (χ0) is 13.3. The molecule has 6 nitrogen and oxygen atoms in total. The number of aliphatic hydroxyl groups is 1. The second kappa shape index (κ2) is 5.17. The fourth-order valence-electron chi connectivity index (χ4n) is 1.68. The van der Waals surface area contributed by atoms with Gasteiger partial charge in [-0.25, -0.2) is 4.39 Å². The van der Waals surface area contributed by atoms with Gasteiger partial charge in [0.25, 0.3) is 0 Å². The van der Waals surface area contributed by atoms with E-state index < -0.39 is 22.9 Å². The molecule has 1 aromatic rings. The first-order valence-corrected chi connectivity index (χ1v) is 5.97. The van der Waals surface area contributed by atoms with Crippen molar-refractivity contribution in [1.82, 2.24) is 5.32 Å². The second-order valence-electron chi connectivity index (χ2n) is 3.87. The van der Waals surface area contributed by atoms with Crippen LogP contribution in [0.15, 0.2) is 16.6 Å². The van der Waals surface area contributed by atoms with Gasteiger partial charge in [0.2, 0.25) is 5.75 Å². The molecular weight excluding hydrogens is 311 g/mol. The third-order valence-electron chi connectivity index (χ3n) is 2.61. The molecular formula is C10H10BrFN2O4. The topological polar surface area (TPSA) is 84.6 Å². The highest BCUT2D eigenvalue weighted by atomic mass is 79.9. The summed E-state index contributed by atoms with van der Waals surface area (Å²) in [7, 11) is 0. The van der Waals surface area contributed by atoms with Gasteiger partial charge in [-0.05, 0) is 15.9 Å². The van der Waals surface area contributed by atoms with E-state index >= 15 is 0 Å². The van der Waals surface area contributed by atoms with Crippen LogP contribution in [0.3, 0.4) is 0 Å². The van der Waals surface area contributed by atoms with Crippen molar-refractivity contribution in [2.75, 3.05) is 13.1 Å². The number of nitrogens with one attached hydrogen (secondary N) is 1. The van der Waals surface area contributed by atoms with Gasteiger partial charge in [-0.2, -0.15) is 0 Å². The molecule has 1 heterocycles. The van der Waals surface area contributed by atoms with Gasteiger partial charge < -0.3 is 15.2 Å². The van der Waals surface area contributed by atoms with E-state index in [4.69, 9.17) is 4.74 Å². The Morgan fingerprint density at radius 1 is 1.56 bits per heavy atom. The minimum Gasteiger partial charge on any atom is -0.479 e. The summed E-state index contributed by atoms with van der Waals surface area (Å²) in [5, 5.41) is 23.3. The lowest BCUT2D eigenvalue weighted by Gasteiger charge is -2.16. The predicted molar refractivity (Wildman–Crippen MR) is 64.0 cm³/mol. The predicted octanol–water partition coefficient (Wildman–Crippen LogP) is 1.21. The molecule has 1 aliphatic rings. The quantitative estimate of drug-likeness (QED) is 0.646. The summed E-state index contributed by atoms with van der Waals surface area (Å²) in [6.45, 7) is 0.702. The van der Waals surface area contributed by atoms with Crippen LogP contribution < -0.4 is 10.1 Å². The van der Waals surface area contributed by atoms with Crippen LogP contribution in [0.25, 0.3) is 0 Å². The van der Waals surface area contributed by atoms with Gasteiger partial charge in [-0.15, -0.1) is 0 Å². The van der Waals surface area contributed by atoms with Gasteiger partial charge in [0.15, 0.2) is 0 Å². The number of nitro groups is 1. The molecule has 2 atom stereocenters. The number of benzene rings is 1. The minimum absolute atomic E-state index is 0.00774. The van der Waals surface area contributed by atoms with E-state index in [1.165, 1.54) is 0 Å². The van der Waals surface area contributed by atoms with Crippen LogP contribution in [0.4, 0.5) is 10.1 Å². The molecule has 18 heavy (non-hydrogen) atoms. The molecule has 1 aromatic carbocycles. The molecule has 1 saturated heterocycles. The maximum atomic E-state index is 13.4. The summed E-state index contributed by atoms with van der Waals surface area (Å²) in [5.74, 6) is -0.843. The lowest BCUT2D eigenvalue weighted by atomic mass is 10.2. The van der Waals surface area contributed by atoms with Gasteiger partial charge in [0.1, 0.15) is 18.0 Å². The number of ether oxygens (including phenoxy) is 1. The zero-order valence-corrected chi connectivity index (χ0v) is 10.7. The maximum absolute atomic E-state index is 13.4. The van der Waals surface area contributed by atoms with Crippen LogP contribution >= 0.6 is 15.9 Å². The molecule has 8 heteroatoms. The molecule has 0 amide bonds. The molecule has 0 radical (unpaired) electrons. The molecule has 2 rings (SSSR count). The van der Waals surface area contributed by atoms with Gasteiger partial charge in [0.05, 0.1) is 9.40 Å².